The van der Waals surface area contributed by atoms with Gasteiger partial charge in [-0.05, 0) is 77.9 Å². The van der Waals surface area contributed by atoms with Crippen LogP contribution in [0.4, 0.5) is 15.8 Å². The first-order valence-corrected chi connectivity index (χ1v) is 15.5. The fourth-order valence-corrected chi connectivity index (χ4v) is 5.57. The Morgan fingerprint density at radius 1 is 0.711 bits per heavy atom. The zero-order valence-corrected chi connectivity index (χ0v) is 26.1. The van der Waals surface area contributed by atoms with Crippen molar-refractivity contribution in [3.05, 3.63) is 166 Å². The van der Waals surface area contributed by atoms with Crippen molar-refractivity contribution >= 4 is 62.9 Å². The van der Waals surface area contributed by atoms with Gasteiger partial charge in [0.15, 0.2) is 0 Å². The van der Waals surface area contributed by atoms with Crippen molar-refractivity contribution in [3.63, 3.8) is 0 Å². The van der Waals surface area contributed by atoms with Crippen LogP contribution in [0, 0.1) is 5.82 Å². The van der Waals surface area contributed by atoms with Crippen molar-refractivity contribution in [1.29, 1.82) is 0 Å². The lowest BCUT2D eigenvalue weighted by molar-refractivity contribution is -0.116. The number of amides is 3. The van der Waals surface area contributed by atoms with Gasteiger partial charge in [-0.15, -0.1) is 11.8 Å². The van der Waals surface area contributed by atoms with Crippen molar-refractivity contribution in [2.75, 3.05) is 10.6 Å². The number of para-hydroxylation sites is 1. The highest BCUT2D eigenvalue weighted by atomic mass is 79.9. The van der Waals surface area contributed by atoms with Crippen LogP contribution in [0.5, 0.6) is 0 Å². The molecule has 0 spiro atoms. The van der Waals surface area contributed by atoms with Gasteiger partial charge in [-0.25, -0.2) is 4.39 Å². The topological polar surface area (TPSA) is 87.3 Å². The number of hydrogen-bond acceptors (Lipinski definition) is 4. The maximum Gasteiger partial charge on any atom is 0.272 e. The Morgan fingerprint density at radius 2 is 1.33 bits per heavy atom. The van der Waals surface area contributed by atoms with Crippen LogP contribution >= 0.6 is 27.7 Å². The van der Waals surface area contributed by atoms with Gasteiger partial charge in [-0.3, -0.25) is 14.4 Å². The van der Waals surface area contributed by atoms with Crippen LogP contribution in [-0.4, -0.2) is 17.7 Å². The van der Waals surface area contributed by atoms with Crippen LogP contribution in [0.2, 0.25) is 0 Å². The van der Waals surface area contributed by atoms with E-state index in [1.165, 1.54) is 23.9 Å². The predicted molar refractivity (Wildman–Crippen MR) is 181 cm³/mol. The van der Waals surface area contributed by atoms with E-state index in [1.54, 1.807) is 66.7 Å². The van der Waals surface area contributed by atoms with Crippen LogP contribution in [0.3, 0.4) is 0 Å². The number of rotatable bonds is 10. The fraction of sp³-hybridized carbons (Fsp3) is 0.0278. The molecule has 0 bridgehead atoms. The minimum absolute atomic E-state index is 0.0681. The lowest BCUT2D eigenvalue weighted by Gasteiger charge is -2.18. The molecule has 0 saturated carbocycles. The normalized spacial score (nSPS) is 11.7. The predicted octanol–water partition coefficient (Wildman–Crippen LogP) is 8.47. The maximum absolute atomic E-state index is 14.3. The van der Waals surface area contributed by atoms with E-state index in [4.69, 9.17) is 0 Å². The van der Waals surface area contributed by atoms with Crippen LogP contribution in [-0.2, 0) is 9.59 Å². The van der Waals surface area contributed by atoms with Gasteiger partial charge in [0.1, 0.15) is 16.8 Å². The first-order chi connectivity index (χ1) is 21.9. The van der Waals surface area contributed by atoms with Crippen molar-refractivity contribution in [2.24, 2.45) is 0 Å². The largest absolute Gasteiger partial charge is 0.322 e. The van der Waals surface area contributed by atoms with Crippen molar-refractivity contribution < 1.29 is 18.8 Å². The standard InChI is InChI=1S/C36H27BrFN3O3S/c37-27-17-15-24(16-18-27)23-32(41-34(42)26-11-5-2-6-12-26)35(43)39-28-19-21-29(22-20-28)45-33(25-9-3-1-4-10-25)36(44)40-31-14-8-7-13-30(31)38/h1-23,33H,(H,39,43)(H,40,44)(H,41,42)/b32-23-. The first-order valence-electron chi connectivity index (χ1n) is 13.9. The molecule has 1 atom stereocenters. The second-order valence-electron chi connectivity index (χ2n) is 9.79. The molecule has 0 fully saturated rings. The minimum atomic E-state index is -0.667. The van der Waals surface area contributed by atoms with Gasteiger partial charge in [0.25, 0.3) is 11.8 Å². The molecule has 0 heterocycles. The van der Waals surface area contributed by atoms with Gasteiger partial charge in [0.05, 0.1) is 5.69 Å². The van der Waals surface area contributed by atoms with Crippen molar-refractivity contribution in [1.82, 2.24) is 5.32 Å². The van der Waals surface area contributed by atoms with Gasteiger partial charge in [0.2, 0.25) is 5.91 Å². The maximum atomic E-state index is 14.3. The van der Waals surface area contributed by atoms with Gasteiger partial charge in [-0.1, -0.05) is 88.7 Å². The summed E-state index contributed by atoms with van der Waals surface area (Å²) in [5, 5.41) is 7.60. The zero-order valence-electron chi connectivity index (χ0n) is 23.7. The molecule has 5 rings (SSSR count). The fourth-order valence-electron chi connectivity index (χ4n) is 4.28. The summed E-state index contributed by atoms with van der Waals surface area (Å²) in [6.07, 6.45) is 1.60. The Kier molecular flexibility index (Phi) is 10.6. The molecule has 0 aromatic heterocycles. The Morgan fingerprint density at radius 3 is 2.00 bits per heavy atom. The van der Waals surface area contributed by atoms with E-state index in [0.29, 0.717) is 11.3 Å². The molecule has 45 heavy (non-hydrogen) atoms. The summed E-state index contributed by atoms with van der Waals surface area (Å²) < 4.78 is 15.1. The number of carbonyl (C=O) groups is 3. The third-order valence-electron chi connectivity index (χ3n) is 6.55. The number of thioether (sulfide) groups is 1. The van der Waals surface area contributed by atoms with E-state index >= 15 is 0 Å². The number of anilines is 2. The second-order valence-corrected chi connectivity index (χ2v) is 11.9. The van der Waals surface area contributed by atoms with E-state index in [1.807, 2.05) is 60.7 Å². The van der Waals surface area contributed by atoms with E-state index in [2.05, 4.69) is 31.9 Å². The summed E-state index contributed by atoms with van der Waals surface area (Å²) in [4.78, 5) is 40.4. The van der Waals surface area contributed by atoms with Gasteiger partial charge in [0, 0.05) is 20.6 Å². The number of carbonyl (C=O) groups excluding carboxylic acids is 3. The third-order valence-corrected chi connectivity index (χ3v) is 8.34. The van der Waals surface area contributed by atoms with Gasteiger partial charge >= 0.3 is 0 Å². The molecule has 0 aliphatic carbocycles. The number of halogens is 2. The zero-order chi connectivity index (χ0) is 31.6. The van der Waals surface area contributed by atoms with E-state index in [-0.39, 0.29) is 17.3 Å². The molecule has 5 aromatic rings. The molecule has 6 nitrogen and oxygen atoms in total. The number of nitrogens with one attached hydrogen (secondary N) is 3. The Bertz CT molecular complexity index is 1820. The van der Waals surface area contributed by atoms with Crippen LogP contribution in [0.15, 0.2) is 149 Å². The van der Waals surface area contributed by atoms with Crippen LogP contribution < -0.4 is 16.0 Å². The molecule has 224 valence electrons. The van der Waals surface area contributed by atoms with Crippen LogP contribution in [0.25, 0.3) is 6.08 Å². The molecule has 3 N–H and O–H groups in total. The van der Waals surface area contributed by atoms with Crippen molar-refractivity contribution in [3.8, 4) is 0 Å². The SMILES string of the molecule is O=C(Nc1ccc(SC(C(=O)Nc2ccccc2F)c2ccccc2)cc1)/C(=C/c1ccc(Br)cc1)NC(=O)c1ccccc1. The number of benzene rings is 5. The monoisotopic (exact) mass is 679 g/mol. The highest BCUT2D eigenvalue weighted by Crippen LogP contribution is 2.37. The lowest BCUT2D eigenvalue weighted by Crippen LogP contribution is -2.30. The van der Waals surface area contributed by atoms with E-state index in [9.17, 15) is 18.8 Å². The summed E-state index contributed by atoms with van der Waals surface area (Å²) in [7, 11) is 0. The molecular formula is C36H27BrFN3O3S. The Hall–Kier alpha value is -4.99. The average Bonchev–Trinajstić information content (AvgIpc) is 3.06. The lowest BCUT2D eigenvalue weighted by atomic mass is 10.1. The van der Waals surface area contributed by atoms with E-state index in [0.717, 1.165) is 20.5 Å². The molecule has 0 aliphatic heterocycles. The second kappa shape index (κ2) is 15.1. The first kappa shape index (κ1) is 31.4. The minimum Gasteiger partial charge on any atom is -0.322 e. The van der Waals surface area contributed by atoms with Crippen molar-refractivity contribution in [2.45, 2.75) is 10.1 Å². The highest BCUT2D eigenvalue weighted by Gasteiger charge is 2.23. The molecule has 0 radical (unpaired) electrons. The molecule has 5 aromatic carbocycles. The molecule has 3 amide bonds. The highest BCUT2D eigenvalue weighted by molar-refractivity contribution is 9.10. The summed E-state index contributed by atoms with van der Waals surface area (Å²) in [5.41, 5.74) is 2.56. The Labute approximate surface area is 272 Å². The van der Waals surface area contributed by atoms with Crippen LogP contribution in [0.1, 0.15) is 26.7 Å². The summed E-state index contributed by atoms with van der Waals surface area (Å²) >= 11 is 4.70. The average molecular weight is 681 g/mol. The third kappa shape index (κ3) is 8.78. The smallest absolute Gasteiger partial charge is 0.272 e. The quantitative estimate of drug-likeness (QED) is 0.102. The summed E-state index contributed by atoms with van der Waals surface area (Å²) in [5.74, 6) is -1.81. The number of hydrogen-bond donors (Lipinski definition) is 3. The van der Waals surface area contributed by atoms with Gasteiger partial charge in [-0.2, -0.15) is 0 Å². The summed E-state index contributed by atoms with van der Waals surface area (Å²) in [6, 6.07) is 38.2. The summed E-state index contributed by atoms with van der Waals surface area (Å²) in [6.45, 7) is 0. The molecule has 1 unspecified atom stereocenters. The Balaban J connectivity index is 1.32. The molecule has 0 saturated heterocycles. The molecular weight excluding hydrogens is 653 g/mol. The molecule has 0 aliphatic rings. The van der Waals surface area contributed by atoms with Gasteiger partial charge < -0.3 is 16.0 Å². The van der Waals surface area contributed by atoms with E-state index < -0.39 is 22.9 Å². The molecule has 9 heteroatoms.